The largest absolute Gasteiger partial charge is 0.493 e. The second-order valence-corrected chi connectivity index (χ2v) is 5.59. The second-order valence-electron chi connectivity index (χ2n) is 4.67. The normalized spacial score (nSPS) is 10.3. The Morgan fingerprint density at radius 1 is 1.53 bits per heavy atom. The molecule has 0 spiro atoms. The minimum absolute atomic E-state index is 0.152. The SMILES string of the molecule is C=CCNC(=O)c1cc(Br)ccc1OCCC(C)C. The van der Waals surface area contributed by atoms with Gasteiger partial charge in [0.25, 0.3) is 5.91 Å². The lowest BCUT2D eigenvalue weighted by molar-refractivity contribution is 0.0953. The zero-order valence-electron chi connectivity index (χ0n) is 11.4. The molecule has 19 heavy (non-hydrogen) atoms. The van der Waals surface area contributed by atoms with Crippen molar-refractivity contribution in [2.24, 2.45) is 5.92 Å². The number of amides is 1. The molecule has 0 bridgehead atoms. The maximum Gasteiger partial charge on any atom is 0.255 e. The molecule has 0 fully saturated rings. The van der Waals surface area contributed by atoms with Crippen LogP contribution >= 0.6 is 15.9 Å². The van der Waals surface area contributed by atoms with Crippen molar-refractivity contribution in [2.75, 3.05) is 13.2 Å². The van der Waals surface area contributed by atoms with Crippen LogP contribution in [0.1, 0.15) is 30.6 Å². The third kappa shape index (κ3) is 5.47. The lowest BCUT2D eigenvalue weighted by atomic mass is 10.1. The van der Waals surface area contributed by atoms with E-state index in [0.717, 1.165) is 10.9 Å². The van der Waals surface area contributed by atoms with Crippen LogP contribution in [0.3, 0.4) is 0 Å². The number of benzene rings is 1. The molecular weight excluding hydrogens is 306 g/mol. The number of rotatable bonds is 7. The van der Waals surface area contributed by atoms with E-state index in [0.29, 0.717) is 30.4 Å². The zero-order chi connectivity index (χ0) is 14.3. The standard InChI is InChI=1S/C15H20BrNO2/c1-4-8-17-15(18)13-10-12(16)5-6-14(13)19-9-7-11(2)3/h4-6,10-11H,1,7-9H2,2-3H3,(H,17,18). The Labute approximate surface area is 123 Å². The average molecular weight is 326 g/mol. The Morgan fingerprint density at radius 3 is 2.89 bits per heavy atom. The minimum atomic E-state index is -0.152. The number of nitrogens with one attached hydrogen (secondary N) is 1. The summed E-state index contributed by atoms with van der Waals surface area (Å²) < 4.78 is 6.55. The van der Waals surface area contributed by atoms with E-state index in [1.54, 1.807) is 12.1 Å². The van der Waals surface area contributed by atoms with Crippen LogP contribution in [0.25, 0.3) is 0 Å². The molecule has 0 aliphatic carbocycles. The predicted octanol–water partition coefficient (Wildman–Crippen LogP) is 3.79. The van der Waals surface area contributed by atoms with Gasteiger partial charge in [-0.2, -0.15) is 0 Å². The number of ether oxygens (including phenoxy) is 1. The summed E-state index contributed by atoms with van der Waals surface area (Å²) in [5.74, 6) is 1.04. The molecule has 0 aliphatic rings. The molecule has 0 radical (unpaired) electrons. The fraction of sp³-hybridized carbons (Fsp3) is 0.400. The van der Waals surface area contributed by atoms with Crippen molar-refractivity contribution in [1.29, 1.82) is 0 Å². The van der Waals surface area contributed by atoms with Crippen molar-refractivity contribution >= 4 is 21.8 Å². The summed E-state index contributed by atoms with van der Waals surface area (Å²) in [4.78, 5) is 12.0. The molecule has 0 atom stereocenters. The molecule has 1 rings (SSSR count). The Hall–Kier alpha value is -1.29. The highest BCUT2D eigenvalue weighted by molar-refractivity contribution is 9.10. The lowest BCUT2D eigenvalue weighted by Crippen LogP contribution is -2.24. The van der Waals surface area contributed by atoms with Crippen LogP contribution in [-0.4, -0.2) is 19.1 Å². The maximum atomic E-state index is 12.0. The maximum absolute atomic E-state index is 12.0. The summed E-state index contributed by atoms with van der Waals surface area (Å²) in [5.41, 5.74) is 0.542. The molecule has 3 nitrogen and oxygen atoms in total. The van der Waals surface area contributed by atoms with Gasteiger partial charge in [-0.3, -0.25) is 4.79 Å². The summed E-state index contributed by atoms with van der Waals surface area (Å²) >= 11 is 3.37. The fourth-order valence-electron chi connectivity index (χ4n) is 1.47. The van der Waals surface area contributed by atoms with Gasteiger partial charge in [-0.05, 0) is 30.5 Å². The van der Waals surface area contributed by atoms with Gasteiger partial charge in [0.1, 0.15) is 5.75 Å². The van der Waals surface area contributed by atoms with Crippen LogP contribution in [0.2, 0.25) is 0 Å². The molecule has 4 heteroatoms. The van der Waals surface area contributed by atoms with Crippen LogP contribution in [0, 0.1) is 5.92 Å². The van der Waals surface area contributed by atoms with Crippen LogP contribution in [-0.2, 0) is 0 Å². The van der Waals surface area contributed by atoms with Gasteiger partial charge >= 0.3 is 0 Å². The van der Waals surface area contributed by atoms with E-state index in [1.807, 2.05) is 12.1 Å². The number of carbonyl (C=O) groups excluding carboxylic acids is 1. The first kappa shape index (κ1) is 15.8. The smallest absolute Gasteiger partial charge is 0.255 e. The Morgan fingerprint density at radius 2 is 2.26 bits per heavy atom. The fourth-order valence-corrected chi connectivity index (χ4v) is 1.83. The number of carbonyl (C=O) groups is 1. The molecular formula is C15H20BrNO2. The van der Waals surface area contributed by atoms with Gasteiger partial charge in [0.05, 0.1) is 12.2 Å². The summed E-state index contributed by atoms with van der Waals surface area (Å²) in [7, 11) is 0. The van der Waals surface area contributed by atoms with Crippen LogP contribution < -0.4 is 10.1 Å². The average Bonchev–Trinajstić information content (AvgIpc) is 2.37. The summed E-state index contributed by atoms with van der Waals surface area (Å²) in [6.45, 7) is 8.92. The van der Waals surface area contributed by atoms with Gasteiger partial charge in [-0.25, -0.2) is 0 Å². The Bertz CT molecular complexity index is 444. The van der Waals surface area contributed by atoms with E-state index in [4.69, 9.17) is 4.74 Å². The van der Waals surface area contributed by atoms with Crippen molar-refractivity contribution in [1.82, 2.24) is 5.32 Å². The Balaban J connectivity index is 2.78. The molecule has 0 aliphatic heterocycles. The Kier molecular flexibility index (Phi) is 6.64. The van der Waals surface area contributed by atoms with Gasteiger partial charge in [-0.15, -0.1) is 6.58 Å². The quantitative estimate of drug-likeness (QED) is 0.774. The van der Waals surface area contributed by atoms with Crippen molar-refractivity contribution in [2.45, 2.75) is 20.3 Å². The van der Waals surface area contributed by atoms with Crippen molar-refractivity contribution in [3.8, 4) is 5.75 Å². The highest BCUT2D eigenvalue weighted by Crippen LogP contribution is 2.23. The summed E-state index contributed by atoms with van der Waals surface area (Å²) in [5, 5.41) is 2.76. The molecule has 1 N–H and O–H groups in total. The van der Waals surface area contributed by atoms with Gasteiger partial charge in [0.2, 0.25) is 0 Å². The van der Waals surface area contributed by atoms with E-state index >= 15 is 0 Å². The first-order valence-electron chi connectivity index (χ1n) is 6.36. The molecule has 0 saturated heterocycles. The van der Waals surface area contributed by atoms with E-state index in [-0.39, 0.29) is 5.91 Å². The molecule has 1 aromatic carbocycles. The molecule has 104 valence electrons. The minimum Gasteiger partial charge on any atom is -0.493 e. The number of halogens is 1. The molecule has 0 unspecified atom stereocenters. The van der Waals surface area contributed by atoms with Crippen molar-refractivity contribution in [3.63, 3.8) is 0 Å². The molecule has 0 aromatic heterocycles. The molecule has 1 aromatic rings. The first-order valence-corrected chi connectivity index (χ1v) is 7.15. The van der Waals surface area contributed by atoms with Gasteiger partial charge in [0, 0.05) is 11.0 Å². The highest BCUT2D eigenvalue weighted by Gasteiger charge is 2.12. The lowest BCUT2D eigenvalue weighted by Gasteiger charge is -2.12. The first-order chi connectivity index (χ1) is 9.04. The van der Waals surface area contributed by atoms with E-state index < -0.39 is 0 Å². The zero-order valence-corrected chi connectivity index (χ0v) is 13.0. The van der Waals surface area contributed by atoms with E-state index in [1.165, 1.54) is 0 Å². The second kappa shape index (κ2) is 8.00. The molecule has 0 heterocycles. The van der Waals surface area contributed by atoms with Gasteiger partial charge in [0.15, 0.2) is 0 Å². The van der Waals surface area contributed by atoms with Crippen LogP contribution in [0.5, 0.6) is 5.75 Å². The van der Waals surface area contributed by atoms with Gasteiger partial charge < -0.3 is 10.1 Å². The number of hydrogen-bond donors (Lipinski definition) is 1. The third-order valence-electron chi connectivity index (χ3n) is 2.55. The van der Waals surface area contributed by atoms with Crippen LogP contribution in [0.15, 0.2) is 35.3 Å². The van der Waals surface area contributed by atoms with E-state index in [2.05, 4.69) is 41.7 Å². The van der Waals surface area contributed by atoms with Gasteiger partial charge in [-0.1, -0.05) is 35.9 Å². The third-order valence-corrected chi connectivity index (χ3v) is 3.04. The van der Waals surface area contributed by atoms with Crippen molar-refractivity contribution in [3.05, 3.63) is 40.9 Å². The van der Waals surface area contributed by atoms with Crippen LogP contribution in [0.4, 0.5) is 0 Å². The monoisotopic (exact) mass is 325 g/mol. The highest BCUT2D eigenvalue weighted by atomic mass is 79.9. The van der Waals surface area contributed by atoms with Crippen molar-refractivity contribution < 1.29 is 9.53 Å². The van der Waals surface area contributed by atoms with E-state index in [9.17, 15) is 4.79 Å². The molecule has 1 amide bonds. The summed E-state index contributed by atoms with van der Waals surface area (Å²) in [6, 6.07) is 5.45. The summed E-state index contributed by atoms with van der Waals surface area (Å²) in [6.07, 6.45) is 2.61. The molecule has 0 saturated carbocycles. The predicted molar refractivity (Wildman–Crippen MR) is 81.6 cm³/mol. The number of hydrogen-bond acceptors (Lipinski definition) is 2. The topological polar surface area (TPSA) is 38.3 Å².